The van der Waals surface area contributed by atoms with E-state index in [2.05, 4.69) is 20.0 Å². The van der Waals surface area contributed by atoms with Crippen LogP contribution in [-0.2, 0) is 23.0 Å². The van der Waals surface area contributed by atoms with Crippen LogP contribution in [0.4, 0.5) is 5.13 Å². The highest BCUT2D eigenvalue weighted by molar-refractivity contribution is 7.22. The first-order valence-corrected chi connectivity index (χ1v) is 7.63. The molecule has 1 aromatic carbocycles. The second-order valence-corrected chi connectivity index (χ2v) is 5.92. The molecule has 0 atom stereocenters. The van der Waals surface area contributed by atoms with E-state index in [1.54, 1.807) is 24.0 Å². The van der Waals surface area contributed by atoms with Crippen molar-refractivity contribution >= 4 is 38.6 Å². The number of rotatable bonds is 4. The average molecular weight is 330 g/mol. The van der Waals surface area contributed by atoms with Gasteiger partial charge in [0.15, 0.2) is 11.0 Å². The van der Waals surface area contributed by atoms with Crippen LogP contribution in [-0.4, -0.2) is 33.5 Å². The Bertz CT molecular complexity index is 884. The lowest BCUT2D eigenvalue weighted by Crippen LogP contribution is -2.16. The first kappa shape index (κ1) is 15.2. The quantitative estimate of drug-likeness (QED) is 0.739. The van der Waals surface area contributed by atoms with E-state index in [-0.39, 0.29) is 18.3 Å². The Morgan fingerprint density at radius 1 is 1.39 bits per heavy atom. The lowest BCUT2D eigenvalue weighted by atomic mass is 10.1. The standard InChI is InChI=1S/C15H14N4O3S/c1-19-6-5-16-13(19)14(21)18-15-17-10-4-3-9(7-11(10)23-15)8-12(20)22-2/h3-7H,8H2,1-2H3,(H,17,18,21). The number of anilines is 1. The van der Waals surface area contributed by atoms with Gasteiger partial charge in [0.05, 0.1) is 23.7 Å². The summed E-state index contributed by atoms with van der Waals surface area (Å²) in [5.41, 5.74) is 1.61. The molecule has 118 valence electrons. The number of ether oxygens (including phenoxy) is 1. The molecule has 0 saturated heterocycles. The zero-order valence-corrected chi connectivity index (χ0v) is 13.4. The molecule has 1 amide bonds. The number of carbonyl (C=O) groups is 2. The number of benzene rings is 1. The van der Waals surface area contributed by atoms with E-state index in [4.69, 9.17) is 0 Å². The Morgan fingerprint density at radius 3 is 2.91 bits per heavy atom. The molecule has 0 unspecified atom stereocenters. The number of hydrogen-bond donors (Lipinski definition) is 1. The fourth-order valence-electron chi connectivity index (χ4n) is 2.11. The zero-order valence-electron chi connectivity index (χ0n) is 12.6. The fourth-order valence-corrected chi connectivity index (χ4v) is 3.03. The van der Waals surface area contributed by atoms with Crippen molar-refractivity contribution < 1.29 is 14.3 Å². The number of nitrogens with one attached hydrogen (secondary N) is 1. The molecular formula is C15H14N4O3S. The second kappa shape index (κ2) is 6.17. The van der Waals surface area contributed by atoms with Gasteiger partial charge in [0.1, 0.15) is 0 Å². The van der Waals surface area contributed by atoms with Gasteiger partial charge in [-0.15, -0.1) is 0 Å². The normalized spacial score (nSPS) is 10.7. The minimum Gasteiger partial charge on any atom is -0.469 e. The van der Waals surface area contributed by atoms with E-state index in [0.717, 1.165) is 15.8 Å². The van der Waals surface area contributed by atoms with Crippen molar-refractivity contribution in [1.82, 2.24) is 14.5 Å². The lowest BCUT2D eigenvalue weighted by molar-refractivity contribution is -0.139. The number of aryl methyl sites for hydroxylation is 1. The summed E-state index contributed by atoms with van der Waals surface area (Å²) in [7, 11) is 3.11. The topological polar surface area (TPSA) is 86.1 Å². The highest BCUT2D eigenvalue weighted by Gasteiger charge is 2.14. The largest absolute Gasteiger partial charge is 0.469 e. The molecule has 0 spiro atoms. The summed E-state index contributed by atoms with van der Waals surface area (Å²) in [6.07, 6.45) is 3.47. The van der Waals surface area contributed by atoms with Crippen LogP contribution in [0, 0.1) is 0 Å². The van der Waals surface area contributed by atoms with Crippen LogP contribution in [0.3, 0.4) is 0 Å². The highest BCUT2D eigenvalue weighted by Crippen LogP contribution is 2.27. The molecule has 0 aliphatic carbocycles. The molecule has 7 nitrogen and oxygen atoms in total. The molecule has 2 heterocycles. The number of amides is 1. The monoisotopic (exact) mass is 330 g/mol. The third kappa shape index (κ3) is 3.21. The number of aromatic nitrogens is 3. The maximum absolute atomic E-state index is 12.1. The predicted molar refractivity (Wildman–Crippen MR) is 86.5 cm³/mol. The van der Waals surface area contributed by atoms with Gasteiger partial charge in [-0.1, -0.05) is 17.4 Å². The molecule has 23 heavy (non-hydrogen) atoms. The zero-order chi connectivity index (χ0) is 16.4. The minimum absolute atomic E-state index is 0.208. The van der Waals surface area contributed by atoms with Gasteiger partial charge in [-0.2, -0.15) is 0 Å². The molecule has 0 aliphatic heterocycles. The molecule has 2 aromatic heterocycles. The molecule has 1 N–H and O–H groups in total. The summed E-state index contributed by atoms with van der Waals surface area (Å²) in [6.45, 7) is 0. The minimum atomic E-state index is -0.314. The molecule has 0 bridgehead atoms. The summed E-state index contributed by atoms with van der Waals surface area (Å²) in [5.74, 6) is -0.292. The summed E-state index contributed by atoms with van der Waals surface area (Å²) < 4.78 is 7.19. The number of nitrogens with zero attached hydrogens (tertiary/aromatic N) is 3. The van der Waals surface area contributed by atoms with Crippen LogP contribution >= 0.6 is 11.3 Å². The molecule has 3 rings (SSSR count). The van der Waals surface area contributed by atoms with Crippen molar-refractivity contribution in [3.8, 4) is 0 Å². The average Bonchev–Trinajstić information content (AvgIpc) is 3.12. The van der Waals surface area contributed by atoms with Gasteiger partial charge in [-0.25, -0.2) is 9.97 Å². The van der Waals surface area contributed by atoms with Crippen LogP contribution in [0.5, 0.6) is 0 Å². The van der Waals surface area contributed by atoms with Crippen molar-refractivity contribution in [3.05, 3.63) is 42.0 Å². The Labute approximate surface area is 135 Å². The van der Waals surface area contributed by atoms with Gasteiger partial charge in [-0.05, 0) is 17.7 Å². The van der Waals surface area contributed by atoms with E-state index in [1.165, 1.54) is 18.4 Å². The van der Waals surface area contributed by atoms with Crippen molar-refractivity contribution in [3.63, 3.8) is 0 Å². The summed E-state index contributed by atoms with van der Waals surface area (Å²) in [6, 6.07) is 5.52. The number of imidazole rings is 1. The maximum Gasteiger partial charge on any atom is 0.309 e. The van der Waals surface area contributed by atoms with E-state index in [0.29, 0.717) is 11.0 Å². The first-order chi connectivity index (χ1) is 11.1. The van der Waals surface area contributed by atoms with Crippen LogP contribution in [0.15, 0.2) is 30.6 Å². The van der Waals surface area contributed by atoms with Crippen molar-refractivity contribution in [2.24, 2.45) is 7.05 Å². The van der Waals surface area contributed by atoms with Crippen molar-refractivity contribution in [1.29, 1.82) is 0 Å². The van der Waals surface area contributed by atoms with E-state index < -0.39 is 0 Å². The number of esters is 1. The number of carbonyl (C=O) groups excluding carboxylic acids is 2. The third-order valence-electron chi connectivity index (χ3n) is 3.27. The second-order valence-electron chi connectivity index (χ2n) is 4.89. The van der Waals surface area contributed by atoms with Crippen LogP contribution in [0.1, 0.15) is 16.2 Å². The Kier molecular flexibility index (Phi) is 4.07. The van der Waals surface area contributed by atoms with Gasteiger partial charge >= 0.3 is 5.97 Å². The van der Waals surface area contributed by atoms with E-state index in [9.17, 15) is 9.59 Å². The molecule has 0 radical (unpaired) electrons. The lowest BCUT2D eigenvalue weighted by Gasteiger charge is -2.00. The predicted octanol–water partition coefficient (Wildman–Crippen LogP) is 2.00. The van der Waals surface area contributed by atoms with Gasteiger partial charge in [0, 0.05) is 19.4 Å². The van der Waals surface area contributed by atoms with Crippen LogP contribution in [0.25, 0.3) is 10.2 Å². The molecule has 0 fully saturated rings. The number of fused-ring (bicyclic) bond motifs is 1. The van der Waals surface area contributed by atoms with Crippen LogP contribution < -0.4 is 5.32 Å². The van der Waals surface area contributed by atoms with E-state index in [1.807, 2.05) is 18.2 Å². The number of methoxy groups -OCH3 is 1. The van der Waals surface area contributed by atoms with Gasteiger partial charge in [0.2, 0.25) is 0 Å². The molecule has 3 aromatic rings. The summed E-state index contributed by atoms with van der Waals surface area (Å²) in [4.78, 5) is 31.8. The molecule has 0 saturated carbocycles. The SMILES string of the molecule is COC(=O)Cc1ccc2nc(NC(=O)c3nccn3C)sc2c1. The van der Waals surface area contributed by atoms with Crippen LogP contribution in [0.2, 0.25) is 0 Å². The van der Waals surface area contributed by atoms with Gasteiger partial charge < -0.3 is 9.30 Å². The fraction of sp³-hybridized carbons (Fsp3) is 0.200. The summed E-state index contributed by atoms with van der Waals surface area (Å²) >= 11 is 1.35. The third-order valence-corrected chi connectivity index (χ3v) is 4.21. The summed E-state index contributed by atoms with van der Waals surface area (Å²) in [5, 5.41) is 3.23. The van der Waals surface area contributed by atoms with Gasteiger partial charge in [-0.3, -0.25) is 14.9 Å². The number of hydrogen-bond acceptors (Lipinski definition) is 6. The first-order valence-electron chi connectivity index (χ1n) is 6.82. The molecule has 8 heteroatoms. The Morgan fingerprint density at radius 2 is 2.22 bits per heavy atom. The van der Waals surface area contributed by atoms with Gasteiger partial charge in [0.25, 0.3) is 5.91 Å². The molecule has 0 aliphatic rings. The Hall–Kier alpha value is -2.74. The number of thiazole rings is 1. The molecular weight excluding hydrogens is 316 g/mol. The Balaban J connectivity index is 1.81. The smallest absolute Gasteiger partial charge is 0.309 e. The maximum atomic E-state index is 12.1. The van der Waals surface area contributed by atoms with Crippen molar-refractivity contribution in [2.75, 3.05) is 12.4 Å². The van der Waals surface area contributed by atoms with E-state index >= 15 is 0 Å². The highest BCUT2D eigenvalue weighted by atomic mass is 32.1. The van der Waals surface area contributed by atoms with Crippen molar-refractivity contribution in [2.45, 2.75) is 6.42 Å².